The van der Waals surface area contributed by atoms with Crippen molar-refractivity contribution in [2.45, 2.75) is 6.92 Å². The molecule has 2 aromatic rings. The highest BCUT2D eigenvalue weighted by Gasteiger charge is 2.03. The van der Waals surface area contributed by atoms with E-state index in [1.807, 2.05) is 12.1 Å². The van der Waals surface area contributed by atoms with Crippen LogP contribution in [0.25, 0.3) is 0 Å². The standard InChI is InChI=1S/C17H17ClN2O3/c1-12(13-4-3-5-14(18)10-13)19-20-17(21)11-23-16-8-6-15(22-2)7-9-16/h3-10H,11H2,1-2H3,(H,20,21)/b19-12+. The van der Waals surface area contributed by atoms with Crippen LogP contribution in [0.4, 0.5) is 0 Å². The van der Waals surface area contributed by atoms with Crippen LogP contribution in [0.3, 0.4) is 0 Å². The van der Waals surface area contributed by atoms with Gasteiger partial charge in [-0.15, -0.1) is 0 Å². The Kier molecular flexibility index (Phi) is 6.00. The minimum absolute atomic E-state index is 0.126. The quantitative estimate of drug-likeness (QED) is 0.652. The van der Waals surface area contributed by atoms with E-state index in [4.69, 9.17) is 21.1 Å². The maximum Gasteiger partial charge on any atom is 0.277 e. The molecule has 0 aromatic heterocycles. The predicted molar refractivity (Wildman–Crippen MR) is 90.3 cm³/mol. The molecule has 0 atom stereocenters. The molecule has 1 amide bonds. The van der Waals surface area contributed by atoms with Gasteiger partial charge in [0, 0.05) is 5.02 Å². The van der Waals surface area contributed by atoms with Crippen molar-refractivity contribution >= 4 is 23.2 Å². The molecule has 0 heterocycles. The lowest BCUT2D eigenvalue weighted by Crippen LogP contribution is -2.25. The molecule has 0 aliphatic carbocycles. The third kappa shape index (κ3) is 5.30. The predicted octanol–water partition coefficient (Wildman–Crippen LogP) is 3.27. The Balaban J connectivity index is 1.85. The van der Waals surface area contributed by atoms with Gasteiger partial charge in [-0.05, 0) is 48.9 Å². The van der Waals surface area contributed by atoms with Crippen molar-refractivity contribution in [3.8, 4) is 11.5 Å². The molecule has 6 heteroatoms. The van der Waals surface area contributed by atoms with E-state index >= 15 is 0 Å². The topological polar surface area (TPSA) is 59.9 Å². The Hall–Kier alpha value is -2.53. The van der Waals surface area contributed by atoms with Gasteiger partial charge in [-0.25, -0.2) is 5.43 Å². The minimum atomic E-state index is -0.345. The van der Waals surface area contributed by atoms with Crippen LogP contribution in [0.15, 0.2) is 53.6 Å². The highest BCUT2D eigenvalue weighted by Crippen LogP contribution is 2.16. The van der Waals surface area contributed by atoms with Gasteiger partial charge in [0.25, 0.3) is 5.91 Å². The lowest BCUT2D eigenvalue weighted by atomic mass is 10.1. The van der Waals surface area contributed by atoms with E-state index < -0.39 is 0 Å². The smallest absolute Gasteiger partial charge is 0.277 e. The maximum absolute atomic E-state index is 11.7. The summed E-state index contributed by atoms with van der Waals surface area (Å²) < 4.78 is 10.4. The third-order valence-corrected chi connectivity index (χ3v) is 3.26. The Morgan fingerprint density at radius 3 is 2.52 bits per heavy atom. The first-order chi connectivity index (χ1) is 11.1. The number of halogens is 1. The van der Waals surface area contributed by atoms with Crippen LogP contribution in [0.1, 0.15) is 12.5 Å². The number of methoxy groups -OCH3 is 1. The molecule has 0 bridgehead atoms. The highest BCUT2D eigenvalue weighted by atomic mass is 35.5. The summed E-state index contributed by atoms with van der Waals surface area (Å²) in [6.07, 6.45) is 0. The summed E-state index contributed by atoms with van der Waals surface area (Å²) in [6.45, 7) is 1.66. The fourth-order valence-electron chi connectivity index (χ4n) is 1.78. The number of rotatable bonds is 6. The summed E-state index contributed by atoms with van der Waals surface area (Å²) in [5.41, 5.74) is 3.95. The Bertz CT molecular complexity index is 699. The summed E-state index contributed by atoms with van der Waals surface area (Å²) >= 11 is 5.92. The molecule has 1 N–H and O–H groups in total. The fourth-order valence-corrected chi connectivity index (χ4v) is 1.97. The van der Waals surface area contributed by atoms with Crippen LogP contribution in [-0.4, -0.2) is 25.3 Å². The molecule has 0 radical (unpaired) electrons. The molecule has 120 valence electrons. The SMILES string of the molecule is COc1ccc(OCC(=O)N/N=C(\C)c2cccc(Cl)c2)cc1. The highest BCUT2D eigenvalue weighted by molar-refractivity contribution is 6.31. The van der Waals surface area contributed by atoms with Crippen LogP contribution in [-0.2, 0) is 4.79 Å². The maximum atomic E-state index is 11.7. The van der Waals surface area contributed by atoms with Gasteiger partial charge in [-0.2, -0.15) is 5.10 Å². The number of amides is 1. The molecule has 0 aliphatic rings. The average Bonchev–Trinajstić information content (AvgIpc) is 2.58. The van der Waals surface area contributed by atoms with E-state index in [9.17, 15) is 4.79 Å². The van der Waals surface area contributed by atoms with E-state index in [1.54, 1.807) is 50.4 Å². The van der Waals surface area contributed by atoms with Crippen LogP contribution in [0.5, 0.6) is 11.5 Å². The Morgan fingerprint density at radius 1 is 1.17 bits per heavy atom. The summed E-state index contributed by atoms with van der Waals surface area (Å²) in [6, 6.07) is 14.2. The number of benzene rings is 2. The molecule has 0 aliphatic heterocycles. The van der Waals surface area contributed by atoms with Crippen molar-refractivity contribution in [3.63, 3.8) is 0 Å². The summed E-state index contributed by atoms with van der Waals surface area (Å²) in [5, 5.41) is 4.65. The van der Waals surface area contributed by atoms with Crippen LogP contribution in [0, 0.1) is 0 Å². The van der Waals surface area contributed by atoms with Gasteiger partial charge >= 0.3 is 0 Å². The van der Waals surface area contributed by atoms with Gasteiger partial charge in [0.05, 0.1) is 12.8 Å². The first-order valence-corrected chi connectivity index (χ1v) is 7.32. The molecule has 0 spiro atoms. The van der Waals surface area contributed by atoms with E-state index in [2.05, 4.69) is 10.5 Å². The van der Waals surface area contributed by atoms with Crippen molar-refractivity contribution in [1.29, 1.82) is 0 Å². The summed E-state index contributed by atoms with van der Waals surface area (Å²) in [4.78, 5) is 11.7. The van der Waals surface area contributed by atoms with Crippen LogP contribution < -0.4 is 14.9 Å². The molecular weight excluding hydrogens is 316 g/mol. The molecule has 0 saturated carbocycles. The first kappa shape index (κ1) is 16.8. The number of hydrogen-bond acceptors (Lipinski definition) is 4. The Morgan fingerprint density at radius 2 is 1.87 bits per heavy atom. The van der Waals surface area contributed by atoms with E-state index in [1.165, 1.54) is 0 Å². The molecule has 2 rings (SSSR count). The van der Waals surface area contributed by atoms with Crippen molar-refractivity contribution in [1.82, 2.24) is 5.43 Å². The van der Waals surface area contributed by atoms with Crippen LogP contribution in [0.2, 0.25) is 5.02 Å². The number of ether oxygens (including phenoxy) is 2. The van der Waals surface area contributed by atoms with Crippen molar-refractivity contribution in [3.05, 3.63) is 59.1 Å². The van der Waals surface area contributed by atoms with E-state index in [-0.39, 0.29) is 12.5 Å². The third-order valence-electron chi connectivity index (χ3n) is 3.02. The van der Waals surface area contributed by atoms with Gasteiger partial charge in [0.2, 0.25) is 0 Å². The Labute approximate surface area is 139 Å². The molecule has 0 saturated heterocycles. The van der Waals surface area contributed by atoms with Crippen molar-refractivity contribution in [2.75, 3.05) is 13.7 Å². The largest absolute Gasteiger partial charge is 0.497 e. The van der Waals surface area contributed by atoms with E-state index in [0.29, 0.717) is 16.5 Å². The van der Waals surface area contributed by atoms with Gasteiger partial charge in [0.1, 0.15) is 11.5 Å². The van der Waals surface area contributed by atoms with Gasteiger partial charge in [-0.1, -0.05) is 23.7 Å². The second-order valence-corrected chi connectivity index (χ2v) is 5.14. The average molecular weight is 333 g/mol. The van der Waals surface area contributed by atoms with Crippen molar-refractivity contribution in [2.24, 2.45) is 5.10 Å². The lowest BCUT2D eigenvalue weighted by Gasteiger charge is -2.07. The second kappa shape index (κ2) is 8.19. The van der Waals surface area contributed by atoms with Crippen LogP contribution >= 0.6 is 11.6 Å². The molecule has 5 nitrogen and oxygen atoms in total. The minimum Gasteiger partial charge on any atom is -0.497 e. The number of carbonyl (C=O) groups is 1. The second-order valence-electron chi connectivity index (χ2n) is 4.71. The molecule has 23 heavy (non-hydrogen) atoms. The molecule has 0 unspecified atom stereocenters. The van der Waals surface area contributed by atoms with Crippen molar-refractivity contribution < 1.29 is 14.3 Å². The van der Waals surface area contributed by atoms with Gasteiger partial charge < -0.3 is 9.47 Å². The zero-order valence-electron chi connectivity index (χ0n) is 12.9. The zero-order chi connectivity index (χ0) is 16.7. The lowest BCUT2D eigenvalue weighted by molar-refractivity contribution is -0.123. The molecule has 0 fully saturated rings. The summed E-state index contributed by atoms with van der Waals surface area (Å²) in [5.74, 6) is 0.960. The fraction of sp³-hybridized carbons (Fsp3) is 0.176. The number of nitrogens with one attached hydrogen (secondary N) is 1. The summed E-state index contributed by atoms with van der Waals surface area (Å²) in [7, 11) is 1.59. The van der Waals surface area contributed by atoms with Gasteiger partial charge in [0.15, 0.2) is 6.61 Å². The number of carbonyl (C=O) groups excluding carboxylic acids is 1. The first-order valence-electron chi connectivity index (χ1n) is 6.94. The number of hydrogen-bond donors (Lipinski definition) is 1. The molecular formula is C17H17ClN2O3. The number of hydrazone groups is 1. The zero-order valence-corrected chi connectivity index (χ0v) is 13.6. The normalized spacial score (nSPS) is 11.0. The monoisotopic (exact) mass is 332 g/mol. The van der Waals surface area contributed by atoms with E-state index in [0.717, 1.165) is 11.3 Å². The number of nitrogens with zero attached hydrogens (tertiary/aromatic N) is 1. The van der Waals surface area contributed by atoms with Gasteiger partial charge in [-0.3, -0.25) is 4.79 Å². The molecule has 2 aromatic carbocycles.